The summed E-state index contributed by atoms with van der Waals surface area (Å²) in [4.78, 5) is 18.8. The molecule has 1 saturated carbocycles. The van der Waals surface area contributed by atoms with Gasteiger partial charge in [0.1, 0.15) is 12.4 Å². The Bertz CT molecular complexity index is 1120. The molecule has 1 unspecified atom stereocenters. The number of amides is 1. The lowest BCUT2D eigenvalue weighted by atomic mass is 9.88. The molecule has 1 aliphatic heterocycles. The number of nitrogens with zero attached hydrogens (tertiary/aromatic N) is 4. The minimum atomic E-state index is 0.0635. The second-order valence-corrected chi connectivity index (χ2v) is 8.86. The van der Waals surface area contributed by atoms with Crippen molar-refractivity contribution in [2.75, 3.05) is 25.5 Å². The van der Waals surface area contributed by atoms with Crippen LogP contribution < -0.4 is 10.1 Å². The maximum atomic E-state index is 12.0. The van der Waals surface area contributed by atoms with E-state index in [-0.39, 0.29) is 17.4 Å². The highest BCUT2D eigenvalue weighted by molar-refractivity contribution is 5.93. The van der Waals surface area contributed by atoms with Gasteiger partial charge in [-0.25, -0.2) is 4.52 Å². The molecule has 0 spiro atoms. The maximum absolute atomic E-state index is 12.0. The van der Waals surface area contributed by atoms with E-state index >= 15 is 0 Å². The van der Waals surface area contributed by atoms with E-state index in [1.807, 2.05) is 31.5 Å². The number of pyridine rings is 2. The maximum Gasteiger partial charge on any atom is 0.228 e. The zero-order valence-corrected chi connectivity index (χ0v) is 17.7. The van der Waals surface area contributed by atoms with Crippen LogP contribution in [0.1, 0.15) is 31.9 Å². The molecule has 7 nitrogen and oxygen atoms in total. The van der Waals surface area contributed by atoms with Crippen molar-refractivity contribution < 1.29 is 9.53 Å². The molecule has 0 aromatic carbocycles. The van der Waals surface area contributed by atoms with Crippen LogP contribution in [-0.2, 0) is 4.79 Å². The summed E-state index contributed by atoms with van der Waals surface area (Å²) in [5, 5.41) is 7.39. The molecule has 1 aliphatic carbocycles. The Labute approximate surface area is 176 Å². The van der Waals surface area contributed by atoms with Crippen molar-refractivity contribution in [1.82, 2.24) is 19.5 Å². The highest BCUT2D eigenvalue weighted by atomic mass is 16.5. The molecule has 5 rings (SSSR count). The number of hydrogen-bond acceptors (Lipinski definition) is 5. The molecular weight excluding hydrogens is 378 g/mol. The lowest BCUT2D eigenvalue weighted by Crippen LogP contribution is -2.59. The first-order chi connectivity index (χ1) is 14.4. The highest BCUT2D eigenvalue weighted by Crippen LogP contribution is 2.34. The van der Waals surface area contributed by atoms with E-state index < -0.39 is 0 Å². The molecule has 2 fully saturated rings. The smallest absolute Gasteiger partial charge is 0.228 e. The van der Waals surface area contributed by atoms with Crippen molar-refractivity contribution in [3.05, 3.63) is 42.4 Å². The van der Waals surface area contributed by atoms with Crippen LogP contribution in [0, 0.1) is 12.8 Å². The second kappa shape index (κ2) is 7.09. The Hall–Kier alpha value is -2.93. The van der Waals surface area contributed by atoms with Gasteiger partial charge in [-0.2, -0.15) is 5.10 Å². The number of anilines is 1. The fourth-order valence-corrected chi connectivity index (χ4v) is 3.82. The molecule has 30 heavy (non-hydrogen) atoms. The number of hydrogen-bond donors (Lipinski definition) is 1. The van der Waals surface area contributed by atoms with E-state index in [1.54, 1.807) is 4.52 Å². The van der Waals surface area contributed by atoms with Gasteiger partial charge in [0.25, 0.3) is 0 Å². The van der Waals surface area contributed by atoms with Crippen LogP contribution in [-0.4, -0.2) is 51.1 Å². The topological polar surface area (TPSA) is 71.8 Å². The van der Waals surface area contributed by atoms with Crippen molar-refractivity contribution in [2.24, 2.45) is 5.92 Å². The highest BCUT2D eigenvalue weighted by Gasteiger charge is 2.38. The SMILES string of the molecule is Cc1cc(-c2ccn3nc(NC(=O)C4CC4)cc3c2)c(OCC2(C)CCN2C)cn1. The second-order valence-electron chi connectivity index (χ2n) is 8.86. The van der Waals surface area contributed by atoms with E-state index in [1.165, 1.54) is 0 Å². The molecule has 1 N–H and O–H groups in total. The summed E-state index contributed by atoms with van der Waals surface area (Å²) in [5.74, 6) is 1.59. The largest absolute Gasteiger partial charge is 0.489 e. The number of likely N-dealkylation sites (tertiary alicyclic amines) is 1. The molecule has 3 aromatic rings. The molecule has 3 aromatic heterocycles. The molecule has 156 valence electrons. The summed E-state index contributed by atoms with van der Waals surface area (Å²) in [6.45, 7) is 5.95. The fraction of sp³-hybridized carbons (Fsp3) is 0.435. The van der Waals surface area contributed by atoms with Crippen LogP contribution in [0.25, 0.3) is 16.6 Å². The van der Waals surface area contributed by atoms with Crippen molar-refractivity contribution in [3.63, 3.8) is 0 Å². The normalized spacial score (nSPS) is 21.4. The van der Waals surface area contributed by atoms with E-state index in [0.29, 0.717) is 12.4 Å². The summed E-state index contributed by atoms with van der Waals surface area (Å²) < 4.78 is 8.03. The van der Waals surface area contributed by atoms with Gasteiger partial charge in [0.2, 0.25) is 5.91 Å². The van der Waals surface area contributed by atoms with E-state index in [9.17, 15) is 4.79 Å². The number of carbonyl (C=O) groups excluding carboxylic acids is 1. The van der Waals surface area contributed by atoms with Crippen LogP contribution in [0.5, 0.6) is 5.75 Å². The minimum absolute atomic E-state index is 0.0635. The molecule has 1 amide bonds. The van der Waals surface area contributed by atoms with Crippen molar-refractivity contribution in [1.29, 1.82) is 0 Å². The van der Waals surface area contributed by atoms with Gasteiger partial charge in [-0.15, -0.1) is 0 Å². The lowest BCUT2D eigenvalue weighted by Gasteiger charge is -2.48. The van der Waals surface area contributed by atoms with Crippen LogP contribution >= 0.6 is 0 Å². The average molecular weight is 406 g/mol. The third-order valence-corrected chi connectivity index (χ3v) is 6.42. The van der Waals surface area contributed by atoms with Crippen LogP contribution in [0.2, 0.25) is 0 Å². The van der Waals surface area contributed by atoms with Crippen molar-refractivity contribution in [2.45, 2.75) is 38.6 Å². The summed E-state index contributed by atoms with van der Waals surface area (Å²) in [5.41, 5.74) is 3.99. The quantitative estimate of drug-likeness (QED) is 0.679. The lowest BCUT2D eigenvalue weighted by molar-refractivity contribution is -0.117. The number of ether oxygens (including phenoxy) is 1. The van der Waals surface area contributed by atoms with Gasteiger partial charge in [0.05, 0.1) is 17.3 Å². The minimum Gasteiger partial charge on any atom is -0.489 e. The fourth-order valence-electron chi connectivity index (χ4n) is 3.82. The molecule has 1 saturated heterocycles. The molecule has 4 heterocycles. The van der Waals surface area contributed by atoms with E-state index in [0.717, 1.165) is 53.9 Å². The van der Waals surface area contributed by atoms with Gasteiger partial charge >= 0.3 is 0 Å². The first-order valence-electron chi connectivity index (χ1n) is 10.5. The zero-order valence-electron chi connectivity index (χ0n) is 17.7. The van der Waals surface area contributed by atoms with Crippen LogP contribution in [0.4, 0.5) is 5.82 Å². The predicted octanol–water partition coefficient (Wildman–Crippen LogP) is 3.53. The Morgan fingerprint density at radius 2 is 2.17 bits per heavy atom. The van der Waals surface area contributed by atoms with Gasteiger partial charge in [-0.1, -0.05) is 0 Å². The molecule has 2 aliphatic rings. The molecule has 7 heteroatoms. The predicted molar refractivity (Wildman–Crippen MR) is 116 cm³/mol. The summed E-state index contributed by atoms with van der Waals surface area (Å²) in [6, 6.07) is 8.05. The van der Waals surface area contributed by atoms with Gasteiger partial charge in [0, 0.05) is 36.0 Å². The number of carbonyl (C=O) groups is 1. The van der Waals surface area contributed by atoms with E-state index in [4.69, 9.17) is 4.74 Å². The van der Waals surface area contributed by atoms with Gasteiger partial charge < -0.3 is 10.1 Å². The zero-order chi connectivity index (χ0) is 20.9. The number of aromatic nitrogens is 3. The van der Waals surface area contributed by atoms with Gasteiger partial charge in [-0.3, -0.25) is 14.7 Å². The van der Waals surface area contributed by atoms with Crippen LogP contribution in [0.15, 0.2) is 36.7 Å². The standard InChI is InChI=1S/C23H27N5O2/c1-15-10-19(20(13-24-15)30-14-23(2)7-9-27(23)3)17-6-8-28-18(11-17)12-21(26-28)25-22(29)16-4-5-16/h6,8,10-13,16H,4-5,7,9,14H2,1-3H3,(H,25,26,29). The number of rotatable bonds is 6. The summed E-state index contributed by atoms with van der Waals surface area (Å²) in [6.07, 6.45) is 6.81. The first kappa shape index (κ1) is 19.1. The van der Waals surface area contributed by atoms with Crippen molar-refractivity contribution in [3.8, 4) is 16.9 Å². The average Bonchev–Trinajstić information content (AvgIpc) is 3.51. The Kier molecular flexibility index (Phi) is 4.50. The molecule has 0 bridgehead atoms. The van der Waals surface area contributed by atoms with E-state index in [2.05, 4.69) is 46.4 Å². The summed E-state index contributed by atoms with van der Waals surface area (Å²) >= 11 is 0. The monoisotopic (exact) mass is 405 g/mol. The van der Waals surface area contributed by atoms with Gasteiger partial charge in [-0.05, 0) is 63.9 Å². The third kappa shape index (κ3) is 3.54. The van der Waals surface area contributed by atoms with Gasteiger partial charge in [0.15, 0.2) is 5.82 Å². The number of aryl methyl sites for hydroxylation is 1. The number of fused-ring (bicyclic) bond motifs is 1. The Morgan fingerprint density at radius 3 is 2.87 bits per heavy atom. The summed E-state index contributed by atoms with van der Waals surface area (Å²) in [7, 11) is 2.13. The molecule has 1 atom stereocenters. The Balaban J connectivity index is 1.42. The molecular formula is C23H27N5O2. The first-order valence-corrected chi connectivity index (χ1v) is 10.5. The third-order valence-electron chi connectivity index (χ3n) is 6.42. The van der Waals surface area contributed by atoms with Crippen molar-refractivity contribution >= 4 is 17.2 Å². The van der Waals surface area contributed by atoms with Crippen LogP contribution in [0.3, 0.4) is 0 Å². The molecule has 0 radical (unpaired) electrons. The number of likely N-dealkylation sites (N-methyl/N-ethyl adjacent to an activating group) is 1. The number of nitrogens with one attached hydrogen (secondary N) is 1. The Morgan fingerprint density at radius 1 is 1.33 bits per heavy atom.